The van der Waals surface area contributed by atoms with Gasteiger partial charge in [0.25, 0.3) is 0 Å². The molecule has 0 saturated carbocycles. The van der Waals surface area contributed by atoms with E-state index in [1.807, 2.05) is 30.2 Å². The highest BCUT2D eigenvalue weighted by atomic mass is 32.2. The van der Waals surface area contributed by atoms with Gasteiger partial charge in [-0.3, -0.25) is 4.79 Å². The van der Waals surface area contributed by atoms with Crippen LogP contribution in [-0.4, -0.2) is 41.8 Å². The lowest BCUT2D eigenvalue weighted by Crippen LogP contribution is -2.41. The molecule has 1 N–H and O–H groups in total. The standard InChI is InChI=1S/C17H23N3O2S/c1-12-16(20(12)22-23-3)14-8-6-13(7-9-14)11-19(2)17(21)15-5-4-10-18-15/h6-9,15,18H,4-5,10-11H2,1-3H3. The average molecular weight is 333 g/mol. The molecule has 1 atom stereocenters. The quantitative estimate of drug-likeness (QED) is 0.811. The second kappa shape index (κ2) is 6.95. The summed E-state index contributed by atoms with van der Waals surface area (Å²) >= 11 is 1.34. The van der Waals surface area contributed by atoms with Crippen LogP contribution in [0, 0.1) is 0 Å². The highest BCUT2D eigenvalue weighted by Gasteiger charge is 2.32. The summed E-state index contributed by atoms with van der Waals surface area (Å²) in [5, 5.41) is 5.09. The molecule has 124 valence electrons. The monoisotopic (exact) mass is 333 g/mol. The lowest BCUT2D eigenvalue weighted by atomic mass is 10.1. The number of carbonyl (C=O) groups excluding carboxylic acids is 1. The smallest absolute Gasteiger partial charge is 0.239 e. The molecule has 2 heterocycles. The fourth-order valence-electron chi connectivity index (χ4n) is 3.00. The summed E-state index contributed by atoms with van der Waals surface area (Å²) in [6, 6.07) is 8.33. The highest BCUT2D eigenvalue weighted by molar-refractivity contribution is 7.93. The van der Waals surface area contributed by atoms with Crippen molar-refractivity contribution in [3.8, 4) is 0 Å². The molecule has 2 aliphatic rings. The summed E-state index contributed by atoms with van der Waals surface area (Å²) in [6.45, 7) is 3.63. The number of hydrogen-bond donors (Lipinski definition) is 1. The van der Waals surface area contributed by atoms with E-state index in [1.54, 1.807) is 0 Å². The maximum atomic E-state index is 12.3. The maximum Gasteiger partial charge on any atom is 0.239 e. The van der Waals surface area contributed by atoms with Gasteiger partial charge in [0, 0.05) is 37.5 Å². The molecular formula is C17H23N3O2S. The summed E-state index contributed by atoms with van der Waals surface area (Å²) in [5.41, 5.74) is 4.56. The second-order valence-electron chi connectivity index (χ2n) is 6.01. The minimum atomic E-state index is -0.00390. The first-order valence-corrected chi connectivity index (χ1v) is 9.06. The van der Waals surface area contributed by atoms with Crippen LogP contribution in [0.4, 0.5) is 0 Å². The zero-order chi connectivity index (χ0) is 16.4. The van der Waals surface area contributed by atoms with Gasteiger partial charge in [-0.05, 0) is 31.9 Å². The molecule has 1 amide bonds. The second-order valence-corrected chi connectivity index (χ2v) is 6.49. The Kier molecular flexibility index (Phi) is 4.94. The minimum absolute atomic E-state index is 0.00390. The predicted octanol–water partition coefficient (Wildman–Crippen LogP) is 2.61. The third-order valence-electron chi connectivity index (χ3n) is 4.33. The third-order valence-corrected chi connectivity index (χ3v) is 4.63. The van der Waals surface area contributed by atoms with Crippen LogP contribution >= 0.6 is 12.0 Å². The molecule has 1 saturated heterocycles. The van der Waals surface area contributed by atoms with Gasteiger partial charge in [-0.25, -0.2) is 5.06 Å². The van der Waals surface area contributed by atoms with Crippen LogP contribution in [0.3, 0.4) is 0 Å². The van der Waals surface area contributed by atoms with Crippen molar-refractivity contribution in [3.05, 3.63) is 41.1 Å². The Labute approximate surface area is 141 Å². The van der Waals surface area contributed by atoms with Gasteiger partial charge in [-0.2, -0.15) is 4.28 Å². The van der Waals surface area contributed by atoms with Gasteiger partial charge < -0.3 is 10.2 Å². The van der Waals surface area contributed by atoms with Gasteiger partial charge in [0.2, 0.25) is 5.91 Å². The van der Waals surface area contributed by atoms with E-state index in [0.29, 0.717) is 6.54 Å². The number of hydrogen-bond acceptors (Lipinski definition) is 5. The van der Waals surface area contributed by atoms with Crippen LogP contribution in [0.1, 0.15) is 30.9 Å². The Morgan fingerprint density at radius 3 is 2.78 bits per heavy atom. The Morgan fingerprint density at radius 1 is 1.43 bits per heavy atom. The number of carbonyl (C=O) groups is 1. The zero-order valence-corrected chi connectivity index (χ0v) is 14.7. The van der Waals surface area contributed by atoms with Gasteiger partial charge in [0.1, 0.15) is 0 Å². The van der Waals surface area contributed by atoms with E-state index < -0.39 is 0 Å². The van der Waals surface area contributed by atoms with Crippen molar-refractivity contribution >= 4 is 23.6 Å². The molecule has 5 nitrogen and oxygen atoms in total. The SMILES string of the molecule is CSON1C(C)=C1c1ccc(CN(C)C(=O)C2CCCN2)cc1. The molecule has 0 bridgehead atoms. The first kappa shape index (κ1) is 16.4. The number of likely N-dealkylation sites (N-methyl/N-ethyl adjacent to an activating group) is 1. The van der Waals surface area contributed by atoms with Crippen molar-refractivity contribution in [2.24, 2.45) is 0 Å². The van der Waals surface area contributed by atoms with Crippen molar-refractivity contribution in [1.29, 1.82) is 0 Å². The van der Waals surface area contributed by atoms with Gasteiger partial charge in [-0.1, -0.05) is 24.3 Å². The Balaban J connectivity index is 1.58. The van der Waals surface area contributed by atoms with E-state index in [0.717, 1.165) is 41.9 Å². The van der Waals surface area contributed by atoms with Crippen LogP contribution in [0.2, 0.25) is 0 Å². The molecule has 3 rings (SSSR count). The van der Waals surface area contributed by atoms with E-state index in [4.69, 9.17) is 4.28 Å². The van der Waals surface area contributed by atoms with Crippen LogP contribution in [-0.2, 0) is 15.6 Å². The lowest BCUT2D eigenvalue weighted by molar-refractivity contribution is -0.132. The Bertz CT molecular complexity index is 609. The summed E-state index contributed by atoms with van der Waals surface area (Å²) in [5.74, 6) is 0.187. The molecule has 23 heavy (non-hydrogen) atoms. The van der Waals surface area contributed by atoms with E-state index in [1.165, 1.54) is 12.0 Å². The fourth-order valence-corrected chi connectivity index (χ4v) is 3.34. The van der Waals surface area contributed by atoms with Crippen molar-refractivity contribution in [2.45, 2.75) is 32.4 Å². The van der Waals surface area contributed by atoms with Gasteiger partial charge >= 0.3 is 0 Å². The Hall–Kier alpha value is -1.50. The molecule has 0 radical (unpaired) electrons. The van der Waals surface area contributed by atoms with Crippen molar-refractivity contribution in [2.75, 3.05) is 19.8 Å². The number of allylic oxidation sites excluding steroid dienone is 1. The van der Waals surface area contributed by atoms with Gasteiger partial charge in [0.05, 0.1) is 17.4 Å². The van der Waals surface area contributed by atoms with Crippen molar-refractivity contribution in [1.82, 2.24) is 15.3 Å². The number of benzene rings is 1. The minimum Gasteiger partial charge on any atom is -0.340 e. The summed E-state index contributed by atoms with van der Waals surface area (Å²) < 4.78 is 5.43. The topological polar surface area (TPSA) is 44.6 Å². The van der Waals surface area contributed by atoms with Crippen LogP contribution in [0.25, 0.3) is 5.70 Å². The van der Waals surface area contributed by atoms with Crippen molar-refractivity contribution < 1.29 is 9.08 Å². The molecule has 1 unspecified atom stereocenters. The van der Waals surface area contributed by atoms with Crippen molar-refractivity contribution in [3.63, 3.8) is 0 Å². The molecule has 1 fully saturated rings. The summed E-state index contributed by atoms with van der Waals surface area (Å²) in [6.07, 6.45) is 3.93. The fraction of sp³-hybridized carbons (Fsp3) is 0.471. The number of nitrogens with one attached hydrogen (secondary N) is 1. The van der Waals surface area contributed by atoms with E-state index >= 15 is 0 Å². The van der Waals surface area contributed by atoms with Gasteiger partial charge in [-0.15, -0.1) is 0 Å². The third kappa shape index (κ3) is 3.54. The zero-order valence-electron chi connectivity index (χ0n) is 13.8. The number of rotatable bonds is 6. The largest absolute Gasteiger partial charge is 0.340 e. The molecule has 0 aliphatic carbocycles. The molecule has 2 aliphatic heterocycles. The number of nitrogens with zero attached hydrogens (tertiary/aromatic N) is 2. The summed E-state index contributed by atoms with van der Waals surface area (Å²) in [7, 11) is 1.87. The first-order valence-electron chi connectivity index (χ1n) is 7.91. The maximum absolute atomic E-state index is 12.3. The average Bonchev–Trinajstić information content (AvgIpc) is 2.97. The lowest BCUT2D eigenvalue weighted by Gasteiger charge is -2.21. The van der Waals surface area contributed by atoms with E-state index in [-0.39, 0.29) is 11.9 Å². The normalized spacial score (nSPS) is 20.1. The van der Waals surface area contributed by atoms with E-state index in [2.05, 4.69) is 29.6 Å². The molecule has 6 heteroatoms. The predicted molar refractivity (Wildman–Crippen MR) is 93.0 cm³/mol. The number of amides is 1. The van der Waals surface area contributed by atoms with E-state index in [9.17, 15) is 4.79 Å². The van der Waals surface area contributed by atoms with Crippen LogP contribution < -0.4 is 5.32 Å². The molecule has 0 spiro atoms. The Morgan fingerprint density at radius 2 is 2.17 bits per heavy atom. The molecule has 1 aromatic carbocycles. The first-order chi connectivity index (χ1) is 11.1. The molecule has 1 aromatic rings. The highest BCUT2D eigenvalue weighted by Crippen LogP contribution is 2.41. The molecule has 0 aromatic heterocycles. The van der Waals surface area contributed by atoms with Gasteiger partial charge in [0.15, 0.2) is 0 Å². The van der Waals surface area contributed by atoms with Crippen LogP contribution in [0.15, 0.2) is 30.0 Å². The van der Waals surface area contributed by atoms with Crippen LogP contribution in [0.5, 0.6) is 0 Å². The number of hydroxylamine groups is 2. The molecular weight excluding hydrogens is 310 g/mol. The summed E-state index contributed by atoms with van der Waals surface area (Å²) in [4.78, 5) is 14.1.